The lowest BCUT2D eigenvalue weighted by Gasteiger charge is -2.09. The summed E-state index contributed by atoms with van der Waals surface area (Å²) in [5.74, 6) is -0.0816. The highest BCUT2D eigenvalue weighted by atomic mass is 19.1. The highest BCUT2D eigenvalue weighted by molar-refractivity contribution is 5.29. The number of aromatic nitrogens is 2. The van der Waals surface area contributed by atoms with Crippen molar-refractivity contribution in [2.45, 2.75) is 26.4 Å². The maximum absolute atomic E-state index is 13.7. The average Bonchev–Trinajstić information content (AvgIpc) is 2.87. The molecule has 0 saturated carbocycles. The first-order valence-electron chi connectivity index (χ1n) is 6.78. The van der Waals surface area contributed by atoms with E-state index in [9.17, 15) is 4.39 Å². The first-order valence-corrected chi connectivity index (χ1v) is 6.78. The predicted molar refractivity (Wildman–Crippen MR) is 76.3 cm³/mol. The molecule has 0 aliphatic carbocycles. The Bertz CT molecular complexity index is 554. The molecule has 1 heterocycles. The van der Waals surface area contributed by atoms with Gasteiger partial charge in [-0.3, -0.25) is 4.68 Å². The second-order valence-electron chi connectivity index (χ2n) is 4.63. The molecule has 0 atom stereocenters. The number of ether oxygens (including phenoxy) is 1. The van der Waals surface area contributed by atoms with E-state index in [4.69, 9.17) is 4.74 Å². The van der Waals surface area contributed by atoms with E-state index in [0.29, 0.717) is 6.54 Å². The molecule has 108 valence electrons. The number of halogens is 1. The van der Waals surface area contributed by atoms with Gasteiger partial charge in [0.05, 0.1) is 19.3 Å². The minimum Gasteiger partial charge on any atom is -0.494 e. The average molecular weight is 277 g/mol. The van der Waals surface area contributed by atoms with Gasteiger partial charge in [-0.25, -0.2) is 4.39 Å². The Morgan fingerprint density at radius 2 is 2.20 bits per heavy atom. The summed E-state index contributed by atoms with van der Waals surface area (Å²) in [4.78, 5) is 0. The van der Waals surface area contributed by atoms with Gasteiger partial charge in [-0.2, -0.15) is 5.10 Å². The summed E-state index contributed by atoms with van der Waals surface area (Å²) >= 11 is 0. The Morgan fingerprint density at radius 1 is 1.35 bits per heavy atom. The van der Waals surface area contributed by atoms with Gasteiger partial charge in [-0.1, -0.05) is 13.0 Å². The minimum atomic E-state index is -0.345. The van der Waals surface area contributed by atoms with Gasteiger partial charge >= 0.3 is 0 Å². The molecule has 4 nitrogen and oxygen atoms in total. The summed E-state index contributed by atoms with van der Waals surface area (Å²) in [7, 11) is 1.46. The summed E-state index contributed by atoms with van der Waals surface area (Å²) < 4.78 is 20.5. The highest BCUT2D eigenvalue weighted by Gasteiger charge is 2.06. The van der Waals surface area contributed by atoms with E-state index in [2.05, 4.69) is 17.3 Å². The summed E-state index contributed by atoms with van der Waals surface area (Å²) in [6.07, 6.45) is 2.86. The zero-order valence-electron chi connectivity index (χ0n) is 11.9. The zero-order valence-corrected chi connectivity index (χ0v) is 11.9. The molecule has 2 rings (SSSR count). The van der Waals surface area contributed by atoms with Crippen LogP contribution in [-0.2, 0) is 13.1 Å². The smallest absolute Gasteiger partial charge is 0.165 e. The predicted octanol–water partition coefficient (Wildman–Crippen LogP) is 2.58. The molecule has 0 radical (unpaired) electrons. The van der Waals surface area contributed by atoms with Crippen molar-refractivity contribution < 1.29 is 9.13 Å². The summed E-state index contributed by atoms with van der Waals surface area (Å²) in [5, 5.41) is 7.62. The number of nitrogens with one attached hydrogen (secondary N) is 1. The van der Waals surface area contributed by atoms with E-state index in [0.717, 1.165) is 30.8 Å². The van der Waals surface area contributed by atoms with Crippen molar-refractivity contribution in [1.82, 2.24) is 15.1 Å². The van der Waals surface area contributed by atoms with E-state index < -0.39 is 0 Å². The summed E-state index contributed by atoms with van der Waals surface area (Å²) in [5.41, 5.74) is 1.96. The van der Waals surface area contributed by atoms with Crippen LogP contribution in [-0.4, -0.2) is 23.4 Å². The molecule has 20 heavy (non-hydrogen) atoms. The van der Waals surface area contributed by atoms with Gasteiger partial charge in [0.25, 0.3) is 0 Å². The Balaban J connectivity index is 2.06. The molecule has 5 heteroatoms. The van der Waals surface area contributed by atoms with Gasteiger partial charge in [-0.15, -0.1) is 0 Å². The van der Waals surface area contributed by atoms with Crippen LogP contribution >= 0.6 is 0 Å². The Morgan fingerprint density at radius 3 is 2.90 bits per heavy atom. The highest BCUT2D eigenvalue weighted by Crippen LogP contribution is 2.18. The standard InChI is InChI=1S/C15H20FN3O/c1-3-7-17-10-13-6-8-18-19(13)11-12-4-5-15(20-2)14(16)9-12/h4-6,8-9,17H,3,7,10-11H2,1-2H3. The van der Waals surface area contributed by atoms with Crippen LogP contribution in [0, 0.1) is 5.82 Å². The van der Waals surface area contributed by atoms with Crippen molar-refractivity contribution in [3.05, 3.63) is 47.5 Å². The van der Waals surface area contributed by atoms with Gasteiger partial charge < -0.3 is 10.1 Å². The van der Waals surface area contributed by atoms with Crippen LogP contribution in [0.25, 0.3) is 0 Å². The second kappa shape index (κ2) is 7.05. The molecule has 0 amide bonds. The van der Waals surface area contributed by atoms with Crippen LogP contribution in [0.5, 0.6) is 5.75 Å². The van der Waals surface area contributed by atoms with Crippen LogP contribution < -0.4 is 10.1 Å². The summed E-state index contributed by atoms with van der Waals surface area (Å²) in [6.45, 7) is 4.43. The van der Waals surface area contributed by atoms with Gasteiger partial charge in [0.1, 0.15) is 0 Å². The van der Waals surface area contributed by atoms with E-state index in [-0.39, 0.29) is 11.6 Å². The molecule has 0 unspecified atom stereocenters. The molecule has 1 aromatic carbocycles. The first kappa shape index (κ1) is 14.5. The Hall–Kier alpha value is -1.88. The lowest BCUT2D eigenvalue weighted by atomic mass is 10.2. The number of hydrogen-bond donors (Lipinski definition) is 1. The number of nitrogens with zero attached hydrogens (tertiary/aromatic N) is 2. The fourth-order valence-corrected chi connectivity index (χ4v) is 2.03. The van der Waals surface area contributed by atoms with Gasteiger partial charge in [0, 0.05) is 12.7 Å². The van der Waals surface area contributed by atoms with Crippen molar-refractivity contribution >= 4 is 0 Å². The third-order valence-corrected chi connectivity index (χ3v) is 3.09. The van der Waals surface area contributed by atoms with Crippen molar-refractivity contribution in [2.24, 2.45) is 0 Å². The number of hydrogen-bond acceptors (Lipinski definition) is 3. The van der Waals surface area contributed by atoms with Crippen LogP contribution in [0.2, 0.25) is 0 Å². The lowest BCUT2D eigenvalue weighted by molar-refractivity contribution is 0.386. The van der Waals surface area contributed by atoms with Gasteiger partial charge in [0.15, 0.2) is 11.6 Å². The van der Waals surface area contributed by atoms with Crippen LogP contribution in [0.4, 0.5) is 4.39 Å². The molecule has 0 aliphatic rings. The fraction of sp³-hybridized carbons (Fsp3) is 0.400. The maximum atomic E-state index is 13.7. The monoisotopic (exact) mass is 277 g/mol. The summed E-state index contributed by atoms with van der Waals surface area (Å²) in [6, 6.07) is 6.96. The van der Waals surface area contributed by atoms with Crippen molar-refractivity contribution in [3.8, 4) is 5.75 Å². The molecule has 1 N–H and O–H groups in total. The Labute approximate surface area is 118 Å². The van der Waals surface area contributed by atoms with E-state index >= 15 is 0 Å². The molecule has 1 aromatic heterocycles. The van der Waals surface area contributed by atoms with Crippen LogP contribution in [0.1, 0.15) is 24.6 Å². The molecule has 0 saturated heterocycles. The molecule has 0 aliphatic heterocycles. The van der Waals surface area contributed by atoms with E-state index in [1.807, 2.05) is 16.8 Å². The minimum absolute atomic E-state index is 0.263. The van der Waals surface area contributed by atoms with Crippen molar-refractivity contribution in [3.63, 3.8) is 0 Å². The van der Waals surface area contributed by atoms with Crippen LogP contribution in [0.3, 0.4) is 0 Å². The molecule has 2 aromatic rings. The SMILES string of the molecule is CCCNCc1ccnn1Cc1ccc(OC)c(F)c1. The molecular weight excluding hydrogens is 257 g/mol. The molecule has 0 bridgehead atoms. The normalized spacial score (nSPS) is 10.8. The Kier molecular flexibility index (Phi) is 5.12. The number of methoxy groups -OCH3 is 1. The first-order chi connectivity index (χ1) is 9.74. The second-order valence-corrected chi connectivity index (χ2v) is 4.63. The van der Waals surface area contributed by atoms with Gasteiger partial charge in [-0.05, 0) is 36.7 Å². The zero-order chi connectivity index (χ0) is 14.4. The third kappa shape index (κ3) is 3.57. The quantitative estimate of drug-likeness (QED) is 0.791. The lowest BCUT2D eigenvalue weighted by Crippen LogP contribution is -2.17. The van der Waals surface area contributed by atoms with E-state index in [1.165, 1.54) is 13.2 Å². The molecule has 0 spiro atoms. The topological polar surface area (TPSA) is 39.1 Å². The number of benzene rings is 1. The van der Waals surface area contributed by atoms with Crippen molar-refractivity contribution in [2.75, 3.05) is 13.7 Å². The van der Waals surface area contributed by atoms with Gasteiger partial charge in [0.2, 0.25) is 0 Å². The third-order valence-electron chi connectivity index (χ3n) is 3.09. The largest absolute Gasteiger partial charge is 0.494 e. The van der Waals surface area contributed by atoms with E-state index in [1.54, 1.807) is 12.3 Å². The molecule has 0 fully saturated rings. The maximum Gasteiger partial charge on any atom is 0.165 e. The fourth-order valence-electron chi connectivity index (χ4n) is 2.03. The molecular formula is C15H20FN3O. The number of rotatable bonds is 7. The van der Waals surface area contributed by atoms with Crippen LogP contribution in [0.15, 0.2) is 30.5 Å². The van der Waals surface area contributed by atoms with Crippen molar-refractivity contribution in [1.29, 1.82) is 0 Å².